The van der Waals surface area contributed by atoms with Crippen LogP contribution in [0.3, 0.4) is 0 Å². The highest BCUT2D eigenvalue weighted by Gasteiger charge is 2.30. The number of piperazine rings is 2. The normalized spacial score (nSPS) is 17.2. The van der Waals surface area contributed by atoms with Gasteiger partial charge in [0.2, 0.25) is 17.8 Å². The maximum atomic E-state index is 13.6. The molecule has 378 valence electrons. The van der Waals surface area contributed by atoms with E-state index in [2.05, 4.69) is 41.2 Å². The van der Waals surface area contributed by atoms with E-state index in [0.29, 0.717) is 74.4 Å². The van der Waals surface area contributed by atoms with Crippen LogP contribution < -0.4 is 15.1 Å². The van der Waals surface area contributed by atoms with Crippen molar-refractivity contribution in [2.75, 3.05) is 100 Å². The first-order chi connectivity index (χ1) is 34.8. The number of likely N-dealkylation sites (tertiary alicyclic amines) is 1. The Morgan fingerprint density at radius 1 is 0.750 bits per heavy atom. The highest BCUT2D eigenvalue weighted by atomic mass is 16.3. The number of amides is 2. The van der Waals surface area contributed by atoms with E-state index >= 15 is 0 Å². The second kappa shape index (κ2) is 20.9. The van der Waals surface area contributed by atoms with E-state index < -0.39 is 0 Å². The second-order valence-corrected chi connectivity index (χ2v) is 20.1. The van der Waals surface area contributed by atoms with Crippen LogP contribution >= 0.6 is 0 Å². The number of fused-ring (bicyclic) bond motifs is 2. The number of nitrogens with one attached hydrogen (secondary N) is 1. The third-order valence-electron chi connectivity index (χ3n) is 15.1. The third kappa shape index (κ3) is 10.4. The molecular weight excluding hydrogens is 913 g/mol. The summed E-state index contributed by atoms with van der Waals surface area (Å²) in [5, 5.41) is 55.9. The predicted octanol–water partition coefficient (Wildman–Crippen LogP) is 5.91. The number of piperidine rings is 1. The van der Waals surface area contributed by atoms with Gasteiger partial charge in [-0.3, -0.25) is 14.5 Å². The van der Waals surface area contributed by atoms with Gasteiger partial charge in [0.15, 0.2) is 5.82 Å². The van der Waals surface area contributed by atoms with Crippen LogP contribution in [0.5, 0.6) is 23.3 Å². The summed E-state index contributed by atoms with van der Waals surface area (Å²) in [6.45, 7) is 17.1. The zero-order valence-electron chi connectivity index (χ0n) is 41.5. The molecule has 6 aromatic rings. The van der Waals surface area contributed by atoms with Crippen LogP contribution in [0.15, 0.2) is 72.8 Å². The van der Waals surface area contributed by atoms with Crippen LogP contribution in [0.4, 0.5) is 17.5 Å². The number of phenols is 3. The van der Waals surface area contributed by atoms with Crippen molar-refractivity contribution in [2.45, 2.75) is 65.5 Å². The number of rotatable bonds is 13. The fourth-order valence-corrected chi connectivity index (χ4v) is 11.0. The molecule has 0 saturated carbocycles. The summed E-state index contributed by atoms with van der Waals surface area (Å²) in [4.78, 5) is 49.3. The molecule has 0 unspecified atom stereocenters. The van der Waals surface area contributed by atoms with Crippen molar-refractivity contribution in [1.29, 1.82) is 0 Å². The zero-order valence-corrected chi connectivity index (χ0v) is 41.5. The molecular formula is C54H66N12O6. The Bertz CT molecular complexity index is 2920. The van der Waals surface area contributed by atoms with Gasteiger partial charge in [-0.25, -0.2) is 9.55 Å². The van der Waals surface area contributed by atoms with Gasteiger partial charge in [-0.2, -0.15) is 4.98 Å². The summed E-state index contributed by atoms with van der Waals surface area (Å²) in [5.41, 5.74) is 5.84. The molecule has 18 heteroatoms. The third-order valence-corrected chi connectivity index (χ3v) is 15.1. The van der Waals surface area contributed by atoms with E-state index in [1.54, 1.807) is 19.1 Å². The smallest absolute Gasteiger partial charge is 0.319 e. The van der Waals surface area contributed by atoms with Crippen LogP contribution in [0.1, 0.15) is 68.3 Å². The summed E-state index contributed by atoms with van der Waals surface area (Å²) < 4.78 is 1.50. The lowest BCUT2D eigenvalue weighted by atomic mass is 9.95. The number of aromatic nitrogens is 5. The molecule has 0 bridgehead atoms. The Balaban J connectivity index is 0.697. The van der Waals surface area contributed by atoms with Gasteiger partial charge in [-0.1, -0.05) is 55.3 Å². The number of nitrogens with zero attached hydrogens (tertiary/aromatic N) is 11. The van der Waals surface area contributed by atoms with Crippen molar-refractivity contribution in [3.05, 3.63) is 95.2 Å². The van der Waals surface area contributed by atoms with Crippen molar-refractivity contribution in [2.24, 2.45) is 5.92 Å². The minimum atomic E-state index is -0.293. The Hall–Kier alpha value is -7.18. The molecule has 4 aliphatic heterocycles. The van der Waals surface area contributed by atoms with Crippen LogP contribution in [-0.4, -0.2) is 162 Å². The number of aromatic hydroxyl groups is 4. The zero-order chi connectivity index (χ0) is 50.0. The number of benzene rings is 4. The molecule has 3 fully saturated rings. The minimum absolute atomic E-state index is 0.00520. The first-order valence-corrected chi connectivity index (χ1v) is 25.5. The quantitative estimate of drug-likeness (QED) is 0.0913. The lowest BCUT2D eigenvalue weighted by Crippen LogP contribution is -2.49. The standard InChI is InChI=1S/C54H66N12O6/c1-35(2)44-30-45(49(70)31-48(44)69)52-58-59-54(72)66(52)40-10-8-37(9-11-40)32-60-20-22-61(23-21-60)33-38-13-17-63(18-14-38)50(71)12-16-55-53-56-46-34-65(47-29-41(68)28-39-6-4-5-7-42(39)47)19-15-43(46)51(57-53)64-26-24-62(25-27-64)36(3)67/h4-11,28-31,35,38,68-70H,12-27,32-34H2,1-3H3,(H,59,72)(H,55,56,57). The molecule has 72 heavy (non-hydrogen) atoms. The molecule has 0 radical (unpaired) electrons. The molecule has 6 heterocycles. The molecule has 2 amide bonds. The van der Waals surface area contributed by atoms with Crippen molar-refractivity contribution < 1.29 is 30.0 Å². The van der Waals surface area contributed by atoms with Crippen molar-refractivity contribution >= 4 is 40.0 Å². The molecule has 5 N–H and O–H groups in total. The molecule has 2 aromatic heterocycles. The van der Waals surface area contributed by atoms with E-state index in [1.165, 1.54) is 10.6 Å². The Morgan fingerprint density at radius 3 is 2.22 bits per heavy atom. The molecule has 4 aliphatic rings. The fourth-order valence-electron chi connectivity index (χ4n) is 11.0. The van der Waals surface area contributed by atoms with Crippen molar-refractivity contribution in [3.8, 4) is 40.3 Å². The van der Waals surface area contributed by atoms with Gasteiger partial charge in [-0.05, 0) is 71.9 Å². The van der Waals surface area contributed by atoms with Crippen LogP contribution in [-0.2, 0) is 29.1 Å². The fraction of sp³-hybridized carbons (Fsp3) is 0.444. The topological polar surface area (TPSA) is 203 Å². The maximum absolute atomic E-state index is 13.6. The van der Waals surface area contributed by atoms with Gasteiger partial charge in [0, 0.05) is 134 Å². The van der Waals surface area contributed by atoms with E-state index in [-0.39, 0.29) is 46.8 Å². The lowest BCUT2D eigenvalue weighted by Gasteiger charge is -2.39. The monoisotopic (exact) mass is 979 g/mol. The largest absolute Gasteiger partial charge is 0.508 e. The summed E-state index contributed by atoms with van der Waals surface area (Å²) in [6.07, 6.45) is 3.06. The average Bonchev–Trinajstić information content (AvgIpc) is 3.76. The highest BCUT2D eigenvalue weighted by molar-refractivity contribution is 5.95. The number of hydrogen-bond acceptors (Lipinski definition) is 15. The highest BCUT2D eigenvalue weighted by Crippen LogP contribution is 2.40. The summed E-state index contributed by atoms with van der Waals surface area (Å²) in [7, 11) is 0. The first kappa shape index (κ1) is 48.4. The van der Waals surface area contributed by atoms with E-state index in [0.717, 1.165) is 117 Å². The summed E-state index contributed by atoms with van der Waals surface area (Å²) >= 11 is 0. The Labute approximate surface area is 420 Å². The van der Waals surface area contributed by atoms with Crippen molar-refractivity contribution in [3.63, 3.8) is 0 Å². The van der Waals surface area contributed by atoms with E-state index in [9.17, 15) is 30.0 Å². The first-order valence-electron chi connectivity index (χ1n) is 25.5. The lowest BCUT2D eigenvalue weighted by molar-refractivity contribution is -0.132. The van der Waals surface area contributed by atoms with Crippen LogP contribution in [0, 0.1) is 5.92 Å². The predicted molar refractivity (Wildman–Crippen MR) is 277 cm³/mol. The molecule has 0 aliphatic carbocycles. The Kier molecular flexibility index (Phi) is 14.1. The van der Waals surface area contributed by atoms with Crippen LogP contribution in [0.25, 0.3) is 27.8 Å². The number of hydrogen-bond donors (Lipinski definition) is 5. The van der Waals surface area contributed by atoms with Gasteiger partial charge in [0.25, 0.3) is 0 Å². The van der Waals surface area contributed by atoms with E-state index in [1.807, 2.05) is 72.2 Å². The van der Waals surface area contributed by atoms with Gasteiger partial charge in [-0.15, -0.1) is 5.10 Å². The molecule has 10 rings (SSSR count). The van der Waals surface area contributed by atoms with Gasteiger partial charge < -0.3 is 50.2 Å². The number of anilines is 3. The molecule has 3 saturated heterocycles. The average molecular weight is 979 g/mol. The number of phenolic OH excluding ortho intramolecular Hbond substituents is 3. The maximum Gasteiger partial charge on any atom is 0.319 e. The molecule has 0 spiro atoms. The Morgan fingerprint density at radius 2 is 1.49 bits per heavy atom. The van der Waals surface area contributed by atoms with Crippen LogP contribution in [0.2, 0.25) is 0 Å². The molecule has 4 aromatic carbocycles. The number of carbonyl (C=O) groups excluding carboxylic acids is 2. The summed E-state index contributed by atoms with van der Waals surface area (Å²) in [6, 6.07) is 22.4. The minimum Gasteiger partial charge on any atom is -0.508 e. The summed E-state index contributed by atoms with van der Waals surface area (Å²) in [5.74, 6) is 2.53. The van der Waals surface area contributed by atoms with Gasteiger partial charge >= 0.3 is 6.01 Å². The SMILES string of the molecule is CC(=O)N1CCN(c2nc(NCCC(=O)N3CCC(CN4CCN(Cc5ccc(-n6c(O)nnc6-c6cc(C(C)C)c(O)cc6O)cc5)CC4)CC3)nc3c2CCN(c2cc(O)cc4ccccc24)C3)CC1. The second-order valence-electron chi connectivity index (χ2n) is 20.1. The number of carbonyl (C=O) groups is 2. The van der Waals surface area contributed by atoms with Gasteiger partial charge in [0.1, 0.15) is 23.1 Å². The molecule has 18 nitrogen and oxygen atoms in total. The van der Waals surface area contributed by atoms with Gasteiger partial charge in [0.05, 0.1) is 23.5 Å². The van der Waals surface area contributed by atoms with Crippen molar-refractivity contribution in [1.82, 2.24) is 44.3 Å². The molecule has 0 atom stereocenters. The van der Waals surface area contributed by atoms with E-state index in [4.69, 9.17) is 9.97 Å².